The quantitative estimate of drug-likeness (QED) is 0.670. The van der Waals surface area contributed by atoms with E-state index in [9.17, 15) is 4.79 Å². The van der Waals surface area contributed by atoms with Gasteiger partial charge in [-0.2, -0.15) is 0 Å². The van der Waals surface area contributed by atoms with Crippen molar-refractivity contribution in [3.63, 3.8) is 0 Å². The molecular formula is C10H25NO3. The molecule has 0 spiro atoms. The Morgan fingerprint density at radius 1 is 1.29 bits per heavy atom. The highest BCUT2D eigenvalue weighted by atomic mass is 16.5. The van der Waals surface area contributed by atoms with Crippen LogP contribution in [0.1, 0.15) is 41.0 Å². The van der Waals surface area contributed by atoms with Gasteiger partial charge in [-0.1, -0.05) is 13.8 Å². The Morgan fingerprint density at radius 2 is 1.71 bits per heavy atom. The standard InChI is InChI=1S/C7H12O3.C2H6.CH5N.H2/c8-5-10-7-3-1-6(9)2-4-7;2*1-2;/h5-7,9H,1-4H2;1-2H3;2H2,1H3;1H. The maximum atomic E-state index is 9.87. The lowest BCUT2D eigenvalue weighted by molar-refractivity contribution is -0.135. The zero-order chi connectivity index (χ0) is 11.4. The third kappa shape index (κ3) is 8.01. The normalized spacial score (nSPS) is 24.6. The fraction of sp³-hybridized carbons (Fsp3) is 0.900. The Hall–Kier alpha value is -0.610. The third-order valence-electron chi connectivity index (χ3n) is 1.89. The van der Waals surface area contributed by atoms with Gasteiger partial charge in [0.15, 0.2) is 0 Å². The van der Waals surface area contributed by atoms with Crippen molar-refractivity contribution in [2.24, 2.45) is 5.73 Å². The van der Waals surface area contributed by atoms with Crippen LogP contribution in [-0.2, 0) is 9.53 Å². The number of ether oxygens (including phenoxy) is 1. The number of carbonyl (C=O) groups is 1. The van der Waals surface area contributed by atoms with Gasteiger partial charge in [0, 0.05) is 1.43 Å². The summed E-state index contributed by atoms with van der Waals surface area (Å²) >= 11 is 0. The Morgan fingerprint density at radius 3 is 2.07 bits per heavy atom. The second kappa shape index (κ2) is 12.4. The maximum Gasteiger partial charge on any atom is 0.293 e. The molecule has 0 aromatic heterocycles. The van der Waals surface area contributed by atoms with E-state index in [2.05, 4.69) is 5.73 Å². The van der Waals surface area contributed by atoms with Crippen LogP contribution in [0.4, 0.5) is 0 Å². The predicted octanol–water partition coefficient (Wildman–Crippen LogP) is 1.31. The Kier molecular flexibility index (Phi) is 14.0. The summed E-state index contributed by atoms with van der Waals surface area (Å²) in [7, 11) is 1.50. The van der Waals surface area contributed by atoms with Crippen LogP contribution in [0.5, 0.6) is 0 Å². The van der Waals surface area contributed by atoms with Crippen LogP contribution in [0.2, 0.25) is 0 Å². The van der Waals surface area contributed by atoms with Crippen LogP contribution < -0.4 is 5.73 Å². The van der Waals surface area contributed by atoms with E-state index in [0.29, 0.717) is 6.47 Å². The van der Waals surface area contributed by atoms with Crippen LogP contribution in [0.15, 0.2) is 0 Å². The number of aliphatic hydroxyl groups is 1. The lowest BCUT2D eigenvalue weighted by Gasteiger charge is -2.23. The van der Waals surface area contributed by atoms with Crippen molar-refractivity contribution < 1.29 is 16.1 Å². The minimum absolute atomic E-state index is 0. The van der Waals surface area contributed by atoms with Crippen molar-refractivity contribution in [3.8, 4) is 0 Å². The van der Waals surface area contributed by atoms with E-state index in [0.717, 1.165) is 25.7 Å². The summed E-state index contributed by atoms with van der Waals surface area (Å²) in [6, 6.07) is 0. The first-order chi connectivity index (χ1) is 6.83. The molecule has 4 nitrogen and oxygen atoms in total. The molecule has 0 atom stereocenters. The molecule has 14 heavy (non-hydrogen) atoms. The second-order valence-corrected chi connectivity index (χ2v) is 2.66. The lowest BCUT2D eigenvalue weighted by atomic mass is 9.95. The summed E-state index contributed by atoms with van der Waals surface area (Å²) in [5.74, 6) is 0. The van der Waals surface area contributed by atoms with Crippen molar-refractivity contribution in [2.45, 2.75) is 51.7 Å². The molecule has 0 bridgehead atoms. The monoisotopic (exact) mass is 207 g/mol. The van der Waals surface area contributed by atoms with Crippen molar-refractivity contribution in [1.82, 2.24) is 0 Å². The molecule has 1 saturated carbocycles. The van der Waals surface area contributed by atoms with E-state index in [1.54, 1.807) is 0 Å². The van der Waals surface area contributed by atoms with E-state index in [4.69, 9.17) is 9.84 Å². The molecular weight excluding hydrogens is 182 g/mol. The maximum absolute atomic E-state index is 9.87. The minimum Gasteiger partial charge on any atom is -0.465 e. The van der Waals surface area contributed by atoms with Gasteiger partial charge in [-0.05, 0) is 32.7 Å². The molecule has 0 aliphatic heterocycles. The molecule has 0 saturated heterocycles. The third-order valence-corrected chi connectivity index (χ3v) is 1.89. The van der Waals surface area contributed by atoms with Gasteiger partial charge in [-0.3, -0.25) is 4.79 Å². The highest BCUT2D eigenvalue weighted by Crippen LogP contribution is 2.19. The number of aliphatic hydroxyl groups excluding tert-OH is 1. The summed E-state index contributed by atoms with van der Waals surface area (Å²) in [4.78, 5) is 9.87. The van der Waals surface area contributed by atoms with Crippen LogP contribution >= 0.6 is 0 Å². The van der Waals surface area contributed by atoms with Crippen molar-refractivity contribution in [3.05, 3.63) is 0 Å². The molecule has 1 aliphatic rings. The average molecular weight is 207 g/mol. The van der Waals surface area contributed by atoms with Crippen LogP contribution in [0.3, 0.4) is 0 Å². The van der Waals surface area contributed by atoms with Crippen molar-refractivity contribution in [2.75, 3.05) is 7.05 Å². The first-order valence-corrected chi connectivity index (χ1v) is 5.18. The Balaban J connectivity index is -0.000000258. The van der Waals surface area contributed by atoms with E-state index < -0.39 is 0 Å². The predicted molar refractivity (Wildman–Crippen MR) is 59.0 cm³/mol. The molecule has 1 aliphatic carbocycles. The van der Waals surface area contributed by atoms with Gasteiger partial charge in [0.2, 0.25) is 0 Å². The fourth-order valence-corrected chi connectivity index (χ4v) is 1.26. The molecule has 1 rings (SSSR count). The van der Waals surface area contributed by atoms with Gasteiger partial charge in [-0.15, -0.1) is 0 Å². The number of carbonyl (C=O) groups excluding carboxylic acids is 1. The van der Waals surface area contributed by atoms with Crippen LogP contribution in [0.25, 0.3) is 0 Å². The molecule has 3 N–H and O–H groups in total. The first-order valence-electron chi connectivity index (χ1n) is 5.18. The minimum atomic E-state index is -0.175. The number of hydrogen-bond acceptors (Lipinski definition) is 4. The highest BCUT2D eigenvalue weighted by molar-refractivity contribution is 5.37. The van der Waals surface area contributed by atoms with Gasteiger partial charge < -0.3 is 15.6 Å². The van der Waals surface area contributed by atoms with E-state index in [1.165, 1.54) is 7.05 Å². The lowest BCUT2D eigenvalue weighted by Crippen LogP contribution is -2.23. The van der Waals surface area contributed by atoms with E-state index in [-0.39, 0.29) is 13.6 Å². The number of hydrogen-bond donors (Lipinski definition) is 2. The van der Waals surface area contributed by atoms with Gasteiger partial charge in [-0.25, -0.2) is 0 Å². The summed E-state index contributed by atoms with van der Waals surface area (Å²) < 4.78 is 4.74. The topological polar surface area (TPSA) is 72.6 Å². The second-order valence-electron chi connectivity index (χ2n) is 2.66. The number of rotatable bonds is 2. The van der Waals surface area contributed by atoms with E-state index >= 15 is 0 Å². The zero-order valence-electron chi connectivity index (χ0n) is 9.40. The number of nitrogens with two attached hydrogens (primary N) is 1. The van der Waals surface area contributed by atoms with Gasteiger partial charge in [0.25, 0.3) is 6.47 Å². The zero-order valence-corrected chi connectivity index (χ0v) is 9.40. The fourth-order valence-electron chi connectivity index (χ4n) is 1.26. The summed E-state index contributed by atoms with van der Waals surface area (Å²) in [5.41, 5.74) is 4.50. The van der Waals surface area contributed by atoms with Crippen molar-refractivity contribution >= 4 is 6.47 Å². The molecule has 88 valence electrons. The van der Waals surface area contributed by atoms with Gasteiger partial charge >= 0.3 is 0 Å². The molecule has 4 heteroatoms. The average Bonchev–Trinajstić information content (AvgIpc) is 2.28. The summed E-state index contributed by atoms with van der Waals surface area (Å²) in [5, 5.41) is 9.05. The molecule has 1 fully saturated rings. The summed E-state index contributed by atoms with van der Waals surface area (Å²) in [6.45, 7) is 4.49. The molecule has 0 aromatic carbocycles. The first kappa shape index (κ1) is 15.8. The molecule has 0 radical (unpaired) electrons. The molecule has 0 heterocycles. The largest absolute Gasteiger partial charge is 0.465 e. The van der Waals surface area contributed by atoms with Crippen LogP contribution in [-0.4, -0.2) is 30.8 Å². The highest BCUT2D eigenvalue weighted by Gasteiger charge is 2.19. The van der Waals surface area contributed by atoms with Crippen molar-refractivity contribution in [1.29, 1.82) is 0 Å². The smallest absolute Gasteiger partial charge is 0.293 e. The van der Waals surface area contributed by atoms with Gasteiger partial charge in [0.1, 0.15) is 6.10 Å². The molecule has 0 aromatic rings. The van der Waals surface area contributed by atoms with Crippen LogP contribution in [0, 0.1) is 0 Å². The SMILES string of the molecule is CC.CN.O=COC1CCC(O)CC1.[HH]. The Labute approximate surface area is 87.9 Å². The summed E-state index contributed by atoms with van der Waals surface area (Å²) in [6.07, 6.45) is 3.02. The molecule has 0 amide bonds. The van der Waals surface area contributed by atoms with E-state index in [1.807, 2.05) is 13.8 Å². The van der Waals surface area contributed by atoms with Gasteiger partial charge in [0.05, 0.1) is 6.10 Å². The Bertz CT molecular complexity index is 117. The molecule has 0 unspecified atom stereocenters.